The van der Waals surface area contributed by atoms with Gasteiger partial charge in [0.15, 0.2) is 5.82 Å². The first-order valence-corrected chi connectivity index (χ1v) is 6.63. The summed E-state index contributed by atoms with van der Waals surface area (Å²) in [4.78, 5) is 0. The van der Waals surface area contributed by atoms with Crippen LogP contribution >= 0.6 is 0 Å². The summed E-state index contributed by atoms with van der Waals surface area (Å²) in [5, 5.41) is 7.92. The summed E-state index contributed by atoms with van der Waals surface area (Å²) in [6, 6.07) is 0.529. The zero-order valence-corrected chi connectivity index (χ0v) is 11.1. The number of nitrogens with one attached hydrogen (secondary N) is 1. The Bertz CT molecular complexity index is 369. The maximum absolute atomic E-state index is 5.93. The third-order valence-electron chi connectivity index (χ3n) is 3.85. The van der Waals surface area contributed by atoms with E-state index in [2.05, 4.69) is 24.3 Å². The average molecular weight is 236 g/mol. The van der Waals surface area contributed by atoms with Gasteiger partial charge in [-0.15, -0.1) is 0 Å². The summed E-state index contributed by atoms with van der Waals surface area (Å²) in [5.41, 5.74) is 6.68. The molecular formula is C13H24N4. The molecule has 96 valence electrons. The highest BCUT2D eigenvalue weighted by Crippen LogP contribution is 2.32. The number of hydrogen-bond donors (Lipinski definition) is 2. The fourth-order valence-electron chi connectivity index (χ4n) is 2.93. The molecule has 4 nitrogen and oxygen atoms in total. The molecular weight excluding hydrogens is 212 g/mol. The van der Waals surface area contributed by atoms with Gasteiger partial charge in [-0.2, -0.15) is 5.10 Å². The Balaban J connectivity index is 2.08. The van der Waals surface area contributed by atoms with E-state index >= 15 is 0 Å². The third kappa shape index (κ3) is 2.73. The molecule has 0 amide bonds. The van der Waals surface area contributed by atoms with Crippen molar-refractivity contribution in [3.8, 4) is 0 Å². The van der Waals surface area contributed by atoms with Crippen LogP contribution in [-0.4, -0.2) is 15.8 Å². The van der Waals surface area contributed by atoms with E-state index in [1.54, 1.807) is 4.68 Å². The molecule has 1 saturated carbocycles. The molecule has 0 spiro atoms. The molecule has 1 aliphatic carbocycles. The first-order valence-electron chi connectivity index (χ1n) is 6.63. The summed E-state index contributed by atoms with van der Waals surface area (Å²) in [5.74, 6) is 2.31. The number of hydrogen-bond acceptors (Lipinski definition) is 3. The van der Waals surface area contributed by atoms with Gasteiger partial charge in [0.2, 0.25) is 0 Å². The number of nitrogens with zero attached hydrogens (tertiary/aromatic N) is 2. The Morgan fingerprint density at radius 2 is 2.12 bits per heavy atom. The largest absolute Gasteiger partial charge is 0.394 e. The molecule has 0 bridgehead atoms. The lowest BCUT2D eigenvalue weighted by atomic mass is 9.78. The van der Waals surface area contributed by atoms with Crippen LogP contribution in [0.1, 0.15) is 39.5 Å². The minimum absolute atomic E-state index is 0.529. The van der Waals surface area contributed by atoms with Crippen molar-refractivity contribution in [2.75, 3.05) is 11.1 Å². The molecule has 2 unspecified atom stereocenters. The van der Waals surface area contributed by atoms with E-state index in [-0.39, 0.29) is 0 Å². The molecule has 3 N–H and O–H groups in total. The zero-order chi connectivity index (χ0) is 12.4. The van der Waals surface area contributed by atoms with E-state index < -0.39 is 0 Å². The predicted molar refractivity (Wildman–Crippen MR) is 71.8 cm³/mol. The quantitative estimate of drug-likeness (QED) is 0.848. The van der Waals surface area contributed by atoms with Gasteiger partial charge in [0.25, 0.3) is 0 Å². The van der Waals surface area contributed by atoms with Crippen molar-refractivity contribution in [3.05, 3.63) is 6.20 Å². The second kappa shape index (κ2) is 4.98. The maximum atomic E-state index is 5.93. The van der Waals surface area contributed by atoms with Crippen LogP contribution < -0.4 is 11.1 Å². The van der Waals surface area contributed by atoms with E-state index in [1.165, 1.54) is 25.7 Å². The van der Waals surface area contributed by atoms with Crippen LogP contribution in [0.2, 0.25) is 0 Å². The molecule has 0 aliphatic heterocycles. The zero-order valence-electron chi connectivity index (χ0n) is 11.1. The van der Waals surface area contributed by atoms with Crippen molar-refractivity contribution in [2.45, 2.75) is 45.6 Å². The number of nitrogen functional groups attached to an aromatic ring is 1. The lowest BCUT2D eigenvalue weighted by Crippen LogP contribution is -2.35. The van der Waals surface area contributed by atoms with E-state index in [1.807, 2.05) is 13.2 Å². The number of aryl methyl sites for hydroxylation is 1. The molecule has 0 saturated heterocycles. The number of anilines is 2. The Morgan fingerprint density at radius 3 is 2.71 bits per heavy atom. The second-order valence-electron chi connectivity index (χ2n) is 5.55. The highest BCUT2D eigenvalue weighted by molar-refractivity contribution is 5.60. The van der Waals surface area contributed by atoms with E-state index in [0.29, 0.717) is 6.04 Å². The van der Waals surface area contributed by atoms with Gasteiger partial charge < -0.3 is 11.1 Å². The van der Waals surface area contributed by atoms with Gasteiger partial charge in [-0.1, -0.05) is 26.7 Å². The smallest absolute Gasteiger partial charge is 0.171 e. The maximum Gasteiger partial charge on any atom is 0.171 e. The van der Waals surface area contributed by atoms with E-state index in [0.717, 1.165) is 23.3 Å². The van der Waals surface area contributed by atoms with Crippen molar-refractivity contribution < 1.29 is 0 Å². The second-order valence-corrected chi connectivity index (χ2v) is 5.55. The molecule has 2 rings (SSSR count). The number of rotatable bonds is 3. The van der Waals surface area contributed by atoms with Crippen LogP contribution in [0.4, 0.5) is 11.5 Å². The van der Waals surface area contributed by atoms with E-state index in [4.69, 9.17) is 5.73 Å². The summed E-state index contributed by atoms with van der Waals surface area (Å²) in [6.07, 6.45) is 7.09. The van der Waals surface area contributed by atoms with Crippen molar-refractivity contribution >= 4 is 11.5 Å². The standard InChI is InChI=1S/C13H24N4/c1-9(2)10-6-4-5-7-12(10)15-13-11(14)8-17(3)16-13/h8-10,12H,4-7,14H2,1-3H3,(H,15,16). The molecule has 1 aromatic heterocycles. The third-order valence-corrected chi connectivity index (χ3v) is 3.85. The van der Waals surface area contributed by atoms with Crippen LogP contribution in [0.25, 0.3) is 0 Å². The minimum atomic E-state index is 0.529. The van der Waals surface area contributed by atoms with Gasteiger partial charge in [0.1, 0.15) is 0 Å². The molecule has 17 heavy (non-hydrogen) atoms. The minimum Gasteiger partial charge on any atom is -0.394 e. The van der Waals surface area contributed by atoms with Crippen LogP contribution in [-0.2, 0) is 7.05 Å². The summed E-state index contributed by atoms with van der Waals surface area (Å²) in [7, 11) is 1.91. The first kappa shape index (κ1) is 12.3. The van der Waals surface area contributed by atoms with Crippen molar-refractivity contribution in [3.63, 3.8) is 0 Å². The van der Waals surface area contributed by atoms with Gasteiger partial charge >= 0.3 is 0 Å². The van der Waals surface area contributed by atoms with Crippen LogP contribution in [0.5, 0.6) is 0 Å². The average Bonchev–Trinajstić information content (AvgIpc) is 2.58. The summed E-state index contributed by atoms with van der Waals surface area (Å²) < 4.78 is 1.77. The molecule has 1 heterocycles. The van der Waals surface area contributed by atoms with Crippen molar-refractivity contribution in [1.29, 1.82) is 0 Å². The SMILES string of the molecule is CC(C)C1CCCCC1Nc1nn(C)cc1N. The van der Waals surface area contributed by atoms with Crippen LogP contribution in [0, 0.1) is 11.8 Å². The first-order chi connectivity index (χ1) is 8.08. The summed E-state index contributed by atoms with van der Waals surface area (Å²) in [6.45, 7) is 4.62. The molecule has 0 aromatic carbocycles. The normalized spacial score (nSPS) is 25.2. The van der Waals surface area contributed by atoms with Gasteiger partial charge in [0, 0.05) is 19.3 Å². The Hall–Kier alpha value is -1.19. The number of aromatic nitrogens is 2. The molecule has 1 fully saturated rings. The fourth-order valence-corrected chi connectivity index (χ4v) is 2.93. The Morgan fingerprint density at radius 1 is 1.41 bits per heavy atom. The lowest BCUT2D eigenvalue weighted by Gasteiger charge is -2.35. The van der Waals surface area contributed by atoms with Crippen molar-refractivity contribution in [2.24, 2.45) is 18.9 Å². The fraction of sp³-hybridized carbons (Fsp3) is 0.769. The number of nitrogens with two attached hydrogens (primary N) is 1. The summed E-state index contributed by atoms with van der Waals surface area (Å²) >= 11 is 0. The Kier molecular flexibility index (Phi) is 3.60. The van der Waals surface area contributed by atoms with E-state index in [9.17, 15) is 0 Å². The highest BCUT2D eigenvalue weighted by Gasteiger charge is 2.28. The van der Waals surface area contributed by atoms with Gasteiger partial charge in [-0.25, -0.2) is 0 Å². The van der Waals surface area contributed by atoms with Gasteiger partial charge in [-0.3, -0.25) is 4.68 Å². The molecule has 1 aromatic rings. The molecule has 2 atom stereocenters. The molecule has 1 aliphatic rings. The molecule has 0 radical (unpaired) electrons. The Labute approximate surface area is 104 Å². The molecule has 4 heteroatoms. The highest BCUT2D eigenvalue weighted by atomic mass is 15.3. The lowest BCUT2D eigenvalue weighted by molar-refractivity contribution is 0.253. The monoisotopic (exact) mass is 236 g/mol. The van der Waals surface area contributed by atoms with Crippen molar-refractivity contribution in [1.82, 2.24) is 9.78 Å². The van der Waals surface area contributed by atoms with Crippen LogP contribution in [0.3, 0.4) is 0 Å². The topological polar surface area (TPSA) is 55.9 Å². The predicted octanol–water partition coefficient (Wildman–Crippen LogP) is 2.63. The van der Waals surface area contributed by atoms with Gasteiger partial charge in [0.05, 0.1) is 5.69 Å². The van der Waals surface area contributed by atoms with Crippen LogP contribution in [0.15, 0.2) is 6.20 Å². The van der Waals surface area contributed by atoms with Gasteiger partial charge in [-0.05, 0) is 24.7 Å².